The SMILES string of the molecule is CC(C)(C)C(=O)OCC1CNCCC1c1ccc(F)cc1. The summed E-state index contributed by atoms with van der Waals surface area (Å²) in [7, 11) is 0. The largest absolute Gasteiger partial charge is 0.465 e. The molecule has 0 aliphatic carbocycles. The number of nitrogens with one attached hydrogen (secondary N) is 1. The summed E-state index contributed by atoms with van der Waals surface area (Å²) in [6.45, 7) is 7.72. The van der Waals surface area contributed by atoms with Crippen LogP contribution in [0.2, 0.25) is 0 Å². The van der Waals surface area contributed by atoms with E-state index in [2.05, 4.69) is 5.32 Å². The van der Waals surface area contributed by atoms with Crippen LogP contribution < -0.4 is 5.32 Å². The van der Waals surface area contributed by atoms with Crippen molar-refractivity contribution in [3.05, 3.63) is 35.6 Å². The maximum Gasteiger partial charge on any atom is 0.311 e. The molecule has 0 bridgehead atoms. The minimum atomic E-state index is -0.479. The first-order valence-corrected chi connectivity index (χ1v) is 7.51. The molecule has 2 atom stereocenters. The zero-order valence-electron chi connectivity index (χ0n) is 13.0. The van der Waals surface area contributed by atoms with Gasteiger partial charge in [-0.1, -0.05) is 12.1 Å². The fourth-order valence-corrected chi connectivity index (χ4v) is 2.65. The predicted octanol–water partition coefficient (Wildman–Crippen LogP) is 3.11. The molecule has 1 saturated heterocycles. The lowest BCUT2D eigenvalue weighted by atomic mass is 9.81. The molecule has 1 heterocycles. The topological polar surface area (TPSA) is 38.3 Å². The van der Waals surface area contributed by atoms with Gasteiger partial charge in [-0.3, -0.25) is 4.79 Å². The summed E-state index contributed by atoms with van der Waals surface area (Å²) in [6.07, 6.45) is 0.976. The van der Waals surface area contributed by atoms with E-state index in [0.29, 0.717) is 12.5 Å². The smallest absolute Gasteiger partial charge is 0.311 e. The van der Waals surface area contributed by atoms with E-state index < -0.39 is 5.41 Å². The number of carbonyl (C=O) groups is 1. The lowest BCUT2D eigenvalue weighted by molar-refractivity contribution is -0.154. The van der Waals surface area contributed by atoms with Crippen LogP contribution in [0.4, 0.5) is 4.39 Å². The van der Waals surface area contributed by atoms with E-state index in [9.17, 15) is 9.18 Å². The summed E-state index contributed by atoms with van der Waals surface area (Å²) < 4.78 is 18.5. The molecule has 0 radical (unpaired) electrons. The quantitative estimate of drug-likeness (QED) is 0.870. The van der Waals surface area contributed by atoms with Crippen LogP contribution in [0, 0.1) is 17.2 Å². The lowest BCUT2D eigenvalue weighted by Gasteiger charge is -2.32. The van der Waals surface area contributed by atoms with Gasteiger partial charge in [0, 0.05) is 12.5 Å². The van der Waals surface area contributed by atoms with E-state index >= 15 is 0 Å². The van der Waals surface area contributed by atoms with Crippen molar-refractivity contribution in [2.24, 2.45) is 11.3 Å². The molecule has 1 aliphatic rings. The molecule has 0 saturated carbocycles. The molecule has 0 spiro atoms. The maximum absolute atomic E-state index is 13.1. The van der Waals surface area contributed by atoms with E-state index in [-0.39, 0.29) is 17.7 Å². The molecule has 1 aromatic rings. The van der Waals surface area contributed by atoms with Crippen LogP contribution in [0.15, 0.2) is 24.3 Å². The standard InChI is InChI=1S/C17H24FNO2/c1-17(2,3)16(20)21-11-13-10-19-9-8-15(13)12-4-6-14(18)7-5-12/h4-7,13,15,19H,8-11H2,1-3H3. The Balaban J connectivity index is 2.02. The van der Waals surface area contributed by atoms with Gasteiger partial charge in [-0.25, -0.2) is 4.39 Å². The van der Waals surface area contributed by atoms with E-state index in [4.69, 9.17) is 4.74 Å². The summed E-state index contributed by atoms with van der Waals surface area (Å²) >= 11 is 0. The molecule has 1 aromatic carbocycles. The van der Waals surface area contributed by atoms with Gasteiger partial charge < -0.3 is 10.1 Å². The Bertz CT molecular complexity index is 479. The highest BCUT2D eigenvalue weighted by molar-refractivity contribution is 5.75. The van der Waals surface area contributed by atoms with Gasteiger partial charge in [0.25, 0.3) is 0 Å². The van der Waals surface area contributed by atoms with Crippen LogP contribution >= 0.6 is 0 Å². The van der Waals surface area contributed by atoms with Crippen molar-refractivity contribution in [3.63, 3.8) is 0 Å². The number of halogens is 1. The van der Waals surface area contributed by atoms with Crippen LogP contribution in [0.5, 0.6) is 0 Å². The number of piperidine rings is 1. The average Bonchev–Trinajstić information content (AvgIpc) is 2.45. The maximum atomic E-state index is 13.1. The minimum Gasteiger partial charge on any atom is -0.465 e. The molecular weight excluding hydrogens is 269 g/mol. The minimum absolute atomic E-state index is 0.175. The third-order valence-corrected chi connectivity index (χ3v) is 3.95. The van der Waals surface area contributed by atoms with Crippen molar-refractivity contribution in [3.8, 4) is 0 Å². The molecule has 0 aromatic heterocycles. The van der Waals surface area contributed by atoms with E-state index in [1.165, 1.54) is 12.1 Å². The van der Waals surface area contributed by atoms with Crippen molar-refractivity contribution in [1.82, 2.24) is 5.32 Å². The summed E-state index contributed by atoms with van der Waals surface area (Å²) in [5.41, 5.74) is 0.641. The van der Waals surface area contributed by atoms with Gasteiger partial charge in [-0.15, -0.1) is 0 Å². The van der Waals surface area contributed by atoms with Crippen LogP contribution in [0.25, 0.3) is 0 Å². The predicted molar refractivity (Wildman–Crippen MR) is 80.5 cm³/mol. The summed E-state index contributed by atoms with van der Waals surface area (Å²) in [6, 6.07) is 6.67. The summed E-state index contributed by atoms with van der Waals surface area (Å²) in [4.78, 5) is 11.9. The Kier molecular flexibility index (Phi) is 4.99. The third kappa shape index (κ3) is 4.27. The number of hydrogen-bond acceptors (Lipinski definition) is 3. The van der Waals surface area contributed by atoms with Crippen LogP contribution in [-0.2, 0) is 9.53 Å². The second-order valence-corrected chi connectivity index (χ2v) is 6.76. The second kappa shape index (κ2) is 6.56. The van der Waals surface area contributed by atoms with Gasteiger partial charge >= 0.3 is 5.97 Å². The molecule has 0 amide bonds. The monoisotopic (exact) mass is 293 g/mol. The number of hydrogen-bond donors (Lipinski definition) is 1. The van der Waals surface area contributed by atoms with Gasteiger partial charge in [0.15, 0.2) is 0 Å². The summed E-state index contributed by atoms with van der Waals surface area (Å²) in [5, 5.41) is 3.34. The molecule has 1 fully saturated rings. The Morgan fingerprint density at radius 1 is 1.33 bits per heavy atom. The highest BCUT2D eigenvalue weighted by Crippen LogP contribution is 2.31. The normalized spacial score (nSPS) is 22.9. The van der Waals surface area contributed by atoms with Crippen molar-refractivity contribution < 1.29 is 13.9 Å². The second-order valence-electron chi connectivity index (χ2n) is 6.76. The molecular formula is C17H24FNO2. The van der Waals surface area contributed by atoms with E-state index in [1.807, 2.05) is 32.9 Å². The first-order chi connectivity index (χ1) is 9.88. The lowest BCUT2D eigenvalue weighted by Crippen LogP contribution is -2.39. The van der Waals surface area contributed by atoms with Crippen LogP contribution in [0.1, 0.15) is 38.7 Å². The van der Waals surface area contributed by atoms with E-state index in [1.54, 1.807) is 0 Å². The molecule has 21 heavy (non-hydrogen) atoms. The molecule has 1 N–H and O–H groups in total. The van der Waals surface area contributed by atoms with Crippen molar-refractivity contribution in [2.75, 3.05) is 19.7 Å². The number of rotatable bonds is 3. The Morgan fingerprint density at radius 2 is 2.00 bits per heavy atom. The zero-order chi connectivity index (χ0) is 15.5. The third-order valence-electron chi connectivity index (χ3n) is 3.95. The fourth-order valence-electron chi connectivity index (χ4n) is 2.65. The van der Waals surface area contributed by atoms with Gasteiger partial charge in [-0.05, 0) is 57.4 Å². The Labute approximate surface area is 125 Å². The molecule has 116 valence electrons. The van der Waals surface area contributed by atoms with Crippen LogP contribution in [-0.4, -0.2) is 25.7 Å². The highest BCUT2D eigenvalue weighted by Gasteiger charge is 2.29. The van der Waals surface area contributed by atoms with Crippen molar-refractivity contribution >= 4 is 5.97 Å². The Morgan fingerprint density at radius 3 is 2.62 bits per heavy atom. The number of carbonyl (C=O) groups excluding carboxylic acids is 1. The number of esters is 1. The van der Waals surface area contributed by atoms with Gasteiger partial charge in [0.2, 0.25) is 0 Å². The fraction of sp³-hybridized carbons (Fsp3) is 0.588. The van der Waals surface area contributed by atoms with Crippen molar-refractivity contribution in [1.29, 1.82) is 0 Å². The average molecular weight is 293 g/mol. The van der Waals surface area contributed by atoms with Crippen LogP contribution in [0.3, 0.4) is 0 Å². The molecule has 2 unspecified atom stereocenters. The molecule has 4 heteroatoms. The van der Waals surface area contributed by atoms with E-state index in [0.717, 1.165) is 25.1 Å². The zero-order valence-corrected chi connectivity index (χ0v) is 13.0. The number of benzene rings is 1. The molecule has 3 nitrogen and oxygen atoms in total. The van der Waals surface area contributed by atoms with Gasteiger partial charge in [0.1, 0.15) is 5.82 Å². The Hall–Kier alpha value is -1.42. The highest BCUT2D eigenvalue weighted by atomic mass is 19.1. The first-order valence-electron chi connectivity index (χ1n) is 7.51. The van der Waals surface area contributed by atoms with Gasteiger partial charge in [0.05, 0.1) is 12.0 Å². The first kappa shape index (κ1) is 16.0. The molecule has 1 aliphatic heterocycles. The summed E-state index contributed by atoms with van der Waals surface area (Å²) in [5.74, 6) is 0.143. The molecule has 2 rings (SSSR count). The number of ether oxygens (including phenoxy) is 1. The van der Waals surface area contributed by atoms with Crippen molar-refractivity contribution in [2.45, 2.75) is 33.1 Å². The van der Waals surface area contributed by atoms with Gasteiger partial charge in [-0.2, -0.15) is 0 Å².